The van der Waals surface area contributed by atoms with Crippen LogP contribution >= 0.6 is 23.2 Å². The number of halogens is 2. The Bertz CT molecular complexity index is 1080. The summed E-state index contributed by atoms with van der Waals surface area (Å²) in [5, 5.41) is 4.85. The summed E-state index contributed by atoms with van der Waals surface area (Å²) in [6.07, 6.45) is 0. The van der Waals surface area contributed by atoms with Crippen LogP contribution in [0.25, 0.3) is 0 Å². The van der Waals surface area contributed by atoms with Crippen molar-refractivity contribution >= 4 is 51.0 Å². The van der Waals surface area contributed by atoms with Crippen LogP contribution in [0.15, 0.2) is 39.8 Å². The average Bonchev–Trinajstić information content (AvgIpc) is 3.18. The van der Waals surface area contributed by atoms with Gasteiger partial charge in [-0.3, -0.25) is 14.4 Å². The number of nitrogens with one attached hydrogen (secondary N) is 2. The minimum Gasteiger partial charge on any atom is -0.456 e. The molecule has 0 saturated heterocycles. The predicted molar refractivity (Wildman–Crippen MR) is 111 cm³/mol. The molecule has 0 atom stereocenters. The molecule has 2 aromatic rings. The minimum atomic E-state index is -3.73. The first-order chi connectivity index (χ1) is 14.5. The number of furan rings is 1. The lowest BCUT2D eigenvalue weighted by molar-refractivity contribution is -0.145. The van der Waals surface area contributed by atoms with Gasteiger partial charge in [-0.25, -0.2) is 12.7 Å². The summed E-state index contributed by atoms with van der Waals surface area (Å²) in [7, 11) is -1.03. The molecule has 168 valence electrons. The lowest BCUT2D eigenvalue weighted by Gasteiger charge is -2.09. The van der Waals surface area contributed by atoms with Gasteiger partial charge in [-0.05, 0) is 30.3 Å². The van der Waals surface area contributed by atoms with Crippen LogP contribution in [0.5, 0.6) is 0 Å². The second-order valence-electron chi connectivity index (χ2n) is 6.25. The van der Waals surface area contributed by atoms with Crippen molar-refractivity contribution in [3.8, 4) is 0 Å². The van der Waals surface area contributed by atoms with Crippen LogP contribution in [0.2, 0.25) is 10.0 Å². The van der Waals surface area contributed by atoms with Crippen molar-refractivity contribution in [1.82, 2.24) is 14.9 Å². The summed E-state index contributed by atoms with van der Waals surface area (Å²) in [6, 6.07) is 6.90. The molecule has 0 radical (unpaired) electrons. The quantitative estimate of drug-likeness (QED) is 0.506. The minimum absolute atomic E-state index is 0.118. The monoisotopic (exact) mass is 491 g/mol. The number of ether oxygens (including phenoxy) is 1. The fraction of sp³-hybridized carbons (Fsp3) is 0.278. The van der Waals surface area contributed by atoms with E-state index in [9.17, 15) is 22.8 Å². The topological polar surface area (TPSA) is 135 Å². The van der Waals surface area contributed by atoms with Crippen molar-refractivity contribution in [3.63, 3.8) is 0 Å². The molecule has 2 N–H and O–H groups in total. The van der Waals surface area contributed by atoms with E-state index in [1.54, 1.807) is 0 Å². The van der Waals surface area contributed by atoms with E-state index in [2.05, 4.69) is 10.6 Å². The molecule has 1 heterocycles. The number of carbonyl (C=O) groups excluding carboxylic acids is 3. The maximum Gasteiger partial charge on any atom is 0.325 e. The fourth-order valence-corrected chi connectivity index (χ4v) is 3.43. The summed E-state index contributed by atoms with van der Waals surface area (Å²) in [5.74, 6) is -1.88. The molecule has 0 saturated carbocycles. The summed E-state index contributed by atoms with van der Waals surface area (Å²) >= 11 is 11.7. The summed E-state index contributed by atoms with van der Waals surface area (Å²) in [5.41, 5.74) is 0.146. The van der Waals surface area contributed by atoms with Crippen molar-refractivity contribution in [2.24, 2.45) is 0 Å². The van der Waals surface area contributed by atoms with E-state index < -0.39 is 40.9 Å². The molecular weight excluding hydrogens is 473 g/mol. The number of hydrogen-bond donors (Lipinski definition) is 2. The molecule has 1 aromatic heterocycles. The van der Waals surface area contributed by atoms with Crippen molar-refractivity contribution in [3.05, 3.63) is 51.7 Å². The molecule has 2 amide bonds. The van der Waals surface area contributed by atoms with E-state index in [1.165, 1.54) is 44.4 Å². The first-order valence-corrected chi connectivity index (χ1v) is 10.9. The summed E-state index contributed by atoms with van der Waals surface area (Å²) in [6.45, 7) is -1.17. The first-order valence-electron chi connectivity index (χ1n) is 8.67. The molecule has 0 aliphatic carbocycles. The molecule has 0 unspecified atom stereocenters. The first kappa shape index (κ1) is 24.7. The molecule has 0 bridgehead atoms. The third kappa shape index (κ3) is 6.96. The van der Waals surface area contributed by atoms with Gasteiger partial charge in [-0.2, -0.15) is 0 Å². The van der Waals surface area contributed by atoms with Crippen molar-refractivity contribution in [1.29, 1.82) is 0 Å². The zero-order valence-electron chi connectivity index (χ0n) is 16.5. The number of nitrogens with zero attached hydrogens (tertiary/aromatic N) is 1. The largest absolute Gasteiger partial charge is 0.456 e. The Morgan fingerprint density at radius 1 is 1.06 bits per heavy atom. The van der Waals surface area contributed by atoms with Gasteiger partial charge in [0.25, 0.3) is 15.9 Å². The van der Waals surface area contributed by atoms with Gasteiger partial charge in [0.05, 0.1) is 17.1 Å². The molecule has 2 rings (SSSR count). The second-order valence-corrected chi connectivity index (χ2v) is 9.18. The van der Waals surface area contributed by atoms with Crippen molar-refractivity contribution in [2.45, 2.75) is 11.7 Å². The standard InChI is InChI=1S/C18H19Cl2N3O7S/c1-23(2)31(27,28)17-6-4-12(30-17)10-29-16(25)9-21-15(24)8-22-18(26)13-5-3-11(19)7-14(13)20/h3-7H,8-10H2,1-2H3,(H,21,24)(H,22,26). The number of amides is 2. The van der Waals surface area contributed by atoms with E-state index in [0.29, 0.717) is 5.02 Å². The highest BCUT2D eigenvalue weighted by molar-refractivity contribution is 7.88. The normalized spacial score (nSPS) is 11.3. The van der Waals surface area contributed by atoms with Gasteiger partial charge >= 0.3 is 5.97 Å². The molecule has 0 fully saturated rings. The highest BCUT2D eigenvalue weighted by Crippen LogP contribution is 2.20. The Morgan fingerprint density at radius 3 is 2.42 bits per heavy atom. The van der Waals surface area contributed by atoms with E-state index >= 15 is 0 Å². The SMILES string of the molecule is CN(C)S(=O)(=O)c1ccc(COC(=O)CNC(=O)CNC(=O)c2ccc(Cl)cc2Cl)o1. The van der Waals surface area contributed by atoms with Crippen LogP contribution in [0.4, 0.5) is 0 Å². The Morgan fingerprint density at radius 2 is 1.77 bits per heavy atom. The maximum atomic E-state index is 12.0. The third-order valence-electron chi connectivity index (χ3n) is 3.76. The molecule has 31 heavy (non-hydrogen) atoms. The van der Waals surface area contributed by atoms with Crippen molar-refractivity contribution in [2.75, 3.05) is 27.2 Å². The lowest BCUT2D eigenvalue weighted by atomic mass is 10.2. The molecule has 13 heteroatoms. The number of hydrogen-bond acceptors (Lipinski definition) is 7. The van der Waals surface area contributed by atoms with Gasteiger partial charge in [0.15, 0.2) is 0 Å². The zero-order chi connectivity index (χ0) is 23.2. The lowest BCUT2D eigenvalue weighted by Crippen LogP contribution is -2.39. The number of carbonyl (C=O) groups is 3. The zero-order valence-corrected chi connectivity index (χ0v) is 18.8. The Labute approximate surface area is 188 Å². The van der Waals surface area contributed by atoms with Gasteiger partial charge in [0, 0.05) is 19.1 Å². The Balaban J connectivity index is 1.74. The van der Waals surface area contributed by atoms with Gasteiger partial charge < -0.3 is 19.8 Å². The van der Waals surface area contributed by atoms with Crippen LogP contribution in [-0.2, 0) is 31.0 Å². The predicted octanol–water partition coefficient (Wildman–Crippen LogP) is 1.43. The third-order valence-corrected chi connectivity index (χ3v) is 6.00. The van der Waals surface area contributed by atoms with Gasteiger partial charge in [0.1, 0.15) is 18.9 Å². The summed E-state index contributed by atoms with van der Waals surface area (Å²) < 4.78 is 34.9. The molecule has 0 aliphatic heterocycles. The smallest absolute Gasteiger partial charge is 0.325 e. The van der Waals surface area contributed by atoms with E-state index in [4.69, 9.17) is 32.4 Å². The molecule has 10 nitrogen and oxygen atoms in total. The second kappa shape index (κ2) is 10.6. The molecule has 1 aromatic carbocycles. The number of benzene rings is 1. The Kier molecular flexibility index (Phi) is 8.45. The highest BCUT2D eigenvalue weighted by Gasteiger charge is 2.22. The van der Waals surface area contributed by atoms with Crippen LogP contribution in [-0.4, -0.2) is 57.7 Å². The highest BCUT2D eigenvalue weighted by atomic mass is 35.5. The van der Waals surface area contributed by atoms with Crippen LogP contribution in [0, 0.1) is 0 Å². The fourth-order valence-electron chi connectivity index (χ4n) is 2.12. The van der Waals surface area contributed by atoms with E-state index in [1.807, 2.05) is 0 Å². The van der Waals surface area contributed by atoms with Crippen LogP contribution in [0.1, 0.15) is 16.1 Å². The molecule has 0 aliphatic rings. The molecular formula is C18H19Cl2N3O7S. The number of sulfonamides is 1. The van der Waals surface area contributed by atoms with Gasteiger partial charge in [-0.15, -0.1) is 0 Å². The van der Waals surface area contributed by atoms with Gasteiger partial charge in [-0.1, -0.05) is 23.2 Å². The maximum absolute atomic E-state index is 12.0. The van der Waals surface area contributed by atoms with Crippen LogP contribution < -0.4 is 10.6 Å². The number of esters is 1. The summed E-state index contributed by atoms with van der Waals surface area (Å²) in [4.78, 5) is 35.6. The van der Waals surface area contributed by atoms with Crippen molar-refractivity contribution < 1.29 is 32.0 Å². The molecule has 0 spiro atoms. The average molecular weight is 492 g/mol. The van der Waals surface area contributed by atoms with Crippen LogP contribution in [0.3, 0.4) is 0 Å². The van der Waals surface area contributed by atoms with Gasteiger partial charge in [0.2, 0.25) is 11.0 Å². The van der Waals surface area contributed by atoms with E-state index in [-0.39, 0.29) is 28.0 Å². The Hall–Kier alpha value is -2.60. The number of rotatable bonds is 9. The van der Waals surface area contributed by atoms with E-state index in [0.717, 1.165) is 4.31 Å².